The minimum absolute atomic E-state index is 0.0265. The van der Waals surface area contributed by atoms with Gasteiger partial charge in [0.15, 0.2) is 5.82 Å². The van der Waals surface area contributed by atoms with E-state index >= 15 is 0 Å². The van der Waals surface area contributed by atoms with E-state index < -0.39 is 6.10 Å². The van der Waals surface area contributed by atoms with Crippen molar-refractivity contribution in [3.8, 4) is 17.1 Å². The molecule has 10 nitrogen and oxygen atoms in total. The Morgan fingerprint density at radius 1 is 1.17 bits per heavy atom. The van der Waals surface area contributed by atoms with Crippen molar-refractivity contribution in [1.82, 2.24) is 24.9 Å². The van der Waals surface area contributed by atoms with Crippen molar-refractivity contribution in [3.63, 3.8) is 0 Å². The van der Waals surface area contributed by atoms with Crippen LogP contribution in [0, 0.1) is 0 Å². The molecule has 0 radical (unpaired) electrons. The fraction of sp³-hybridized carbons (Fsp3) is 0.250. The number of anilines is 1. The summed E-state index contributed by atoms with van der Waals surface area (Å²) in [5.74, 6) is 0.393. The van der Waals surface area contributed by atoms with Gasteiger partial charge in [-0.3, -0.25) is 4.79 Å². The summed E-state index contributed by atoms with van der Waals surface area (Å²) in [7, 11) is 1.45. The van der Waals surface area contributed by atoms with Crippen molar-refractivity contribution >= 4 is 28.8 Å². The van der Waals surface area contributed by atoms with E-state index in [4.69, 9.17) is 21.4 Å². The summed E-state index contributed by atoms with van der Waals surface area (Å²) in [6.07, 6.45) is 2.60. The van der Waals surface area contributed by atoms with Crippen molar-refractivity contribution in [1.29, 1.82) is 0 Å². The Balaban J connectivity index is 1.52. The molecule has 1 amide bonds. The number of methoxy groups -OCH3 is 1. The van der Waals surface area contributed by atoms with E-state index in [0.29, 0.717) is 40.6 Å². The molecule has 0 aliphatic rings. The van der Waals surface area contributed by atoms with Crippen molar-refractivity contribution in [2.24, 2.45) is 0 Å². The van der Waals surface area contributed by atoms with Crippen LogP contribution in [0.5, 0.6) is 5.88 Å². The summed E-state index contributed by atoms with van der Waals surface area (Å²) in [4.78, 5) is 21.5. The molecule has 0 aliphatic carbocycles. The van der Waals surface area contributed by atoms with Crippen LogP contribution in [0.4, 0.5) is 5.82 Å². The van der Waals surface area contributed by atoms with Crippen LogP contribution in [0.15, 0.2) is 55.0 Å². The van der Waals surface area contributed by atoms with Gasteiger partial charge < -0.3 is 25.6 Å². The maximum absolute atomic E-state index is 12.9. The monoisotopic (exact) mass is 496 g/mol. The lowest BCUT2D eigenvalue weighted by Crippen LogP contribution is -2.26. The molecule has 4 aromatic rings. The molecule has 11 heteroatoms. The van der Waals surface area contributed by atoms with E-state index in [9.17, 15) is 9.90 Å². The number of amides is 1. The second kappa shape index (κ2) is 11.1. The highest BCUT2D eigenvalue weighted by Gasteiger charge is 2.18. The molecular weight excluding hydrogens is 472 g/mol. The Labute approximate surface area is 206 Å². The second-order valence-corrected chi connectivity index (χ2v) is 8.10. The molecule has 1 atom stereocenters. The van der Waals surface area contributed by atoms with Gasteiger partial charge in [-0.1, -0.05) is 23.7 Å². The first-order valence-corrected chi connectivity index (χ1v) is 11.3. The predicted octanol–water partition coefficient (Wildman–Crippen LogP) is 2.71. The third-order valence-electron chi connectivity index (χ3n) is 5.40. The van der Waals surface area contributed by atoms with Crippen molar-refractivity contribution in [3.05, 3.63) is 71.1 Å². The Morgan fingerprint density at radius 2 is 1.97 bits per heavy atom. The smallest absolute Gasteiger partial charge is 0.256 e. The van der Waals surface area contributed by atoms with Crippen molar-refractivity contribution in [2.75, 3.05) is 32.1 Å². The molecule has 0 saturated carbocycles. The number of rotatable bonds is 10. The highest BCUT2D eigenvalue weighted by molar-refractivity contribution is 6.30. The van der Waals surface area contributed by atoms with Gasteiger partial charge in [0.25, 0.3) is 5.91 Å². The van der Waals surface area contributed by atoms with Gasteiger partial charge in [0, 0.05) is 29.9 Å². The van der Waals surface area contributed by atoms with Crippen LogP contribution >= 0.6 is 11.6 Å². The largest absolute Gasteiger partial charge is 0.480 e. The number of ether oxygens (including phenoxy) is 1. The molecule has 4 rings (SSSR count). The van der Waals surface area contributed by atoms with Gasteiger partial charge in [-0.15, -0.1) is 0 Å². The van der Waals surface area contributed by atoms with E-state index in [-0.39, 0.29) is 30.5 Å². The predicted molar refractivity (Wildman–Crippen MR) is 132 cm³/mol. The Kier molecular flexibility index (Phi) is 7.76. The molecule has 0 saturated heterocycles. The lowest BCUT2D eigenvalue weighted by molar-refractivity contribution is 0.0939. The molecule has 182 valence electrons. The van der Waals surface area contributed by atoms with E-state index in [1.807, 2.05) is 12.1 Å². The third kappa shape index (κ3) is 5.51. The standard InChI is InChI=1S/C24H25ClN6O4/c1-35-24-18(23(34)27-9-8-21(33)15-2-4-17(25)5-3-15)12-16(13-28-24)19-6-7-20-22(26-10-11-32)29-14-30-31(19)20/h2-7,12-14,21,32-33H,8-11H2,1H3,(H,27,34)(H,26,29,30)/t21-/m0/s1. The second-order valence-electron chi connectivity index (χ2n) is 7.67. The fourth-order valence-corrected chi connectivity index (χ4v) is 3.78. The number of aliphatic hydroxyl groups is 2. The van der Waals surface area contributed by atoms with Gasteiger partial charge in [0.2, 0.25) is 5.88 Å². The minimum atomic E-state index is -0.737. The van der Waals surface area contributed by atoms with E-state index in [2.05, 4.69) is 25.7 Å². The molecule has 0 aliphatic heterocycles. The van der Waals surface area contributed by atoms with Crippen LogP contribution in [0.2, 0.25) is 5.02 Å². The molecule has 1 aromatic carbocycles. The van der Waals surface area contributed by atoms with Crippen LogP contribution < -0.4 is 15.4 Å². The average molecular weight is 497 g/mol. The molecule has 0 bridgehead atoms. The van der Waals surface area contributed by atoms with E-state index in [1.54, 1.807) is 41.0 Å². The van der Waals surface area contributed by atoms with Gasteiger partial charge in [-0.2, -0.15) is 5.10 Å². The molecule has 35 heavy (non-hydrogen) atoms. The summed E-state index contributed by atoms with van der Waals surface area (Å²) in [5, 5.41) is 30.2. The van der Waals surface area contributed by atoms with Crippen LogP contribution in [0.25, 0.3) is 16.8 Å². The van der Waals surface area contributed by atoms with Crippen LogP contribution in [-0.2, 0) is 0 Å². The topological polar surface area (TPSA) is 134 Å². The Hall–Kier alpha value is -3.73. The molecule has 0 spiro atoms. The number of nitrogens with one attached hydrogen (secondary N) is 2. The van der Waals surface area contributed by atoms with Gasteiger partial charge in [-0.05, 0) is 42.3 Å². The number of carbonyl (C=O) groups excluding carboxylic acids is 1. The molecule has 3 aromatic heterocycles. The lowest BCUT2D eigenvalue weighted by Gasteiger charge is -2.13. The summed E-state index contributed by atoms with van der Waals surface area (Å²) >= 11 is 5.89. The highest BCUT2D eigenvalue weighted by atomic mass is 35.5. The first kappa shape index (κ1) is 24.4. The zero-order valence-corrected chi connectivity index (χ0v) is 19.7. The third-order valence-corrected chi connectivity index (χ3v) is 5.65. The first-order valence-electron chi connectivity index (χ1n) is 11.0. The normalized spacial score (nSPS) is 11.9. The molecule has 3 heterocycles. The summed E-state index contributed by atoms with van der Waals surface area (Å²) in [6.45, 7) is 0.576. The average Bonchev–Trinajstić information content (AvgIpc) is 3.32. The zero-order valence-electron chi connectivity index (χ0n) is 19.0. The number of hydrogen-bond acceptors (Lipinski definition) is 8. The van der Waals surface area contributed by atoms with Crippen LogP contribution in [0.3, 0.4) is 0 Å². The summed E-state index contributed by atoms with van der Waals surface area (Å²) < 4.78 is 6.98. The van der Waals surface area contributed by atoms with E-state index in [0.717, 1.165) is 5.56 Å². The molecule has 0 unspecified atom stereocenters. The number of halogens is 1. The van der Waals surface area contributed by atoms with Crippen LogP contribution in [-0.4, -0.2) is 62.5 Å². The molecule has 4 N–H and O–H groups in total. The Bertz CT molecular complexity index is 1310. The maximum Gasteiger partial charge on any atom is 0.256 e. The summed E-state index contributed by atoms with van der Waals surface area (Å²) in [6, 6.07) is 12.3. The first-order chi connectivity index (χ1) is 17.0. The maximum atomic E-state index is 12.9. The van der Waals surface area contributed by atoms with Gasteiger partial charge >= 0.3 is 0 Å². The number of nitrogens with zero attached hydrogens (tertiary/aromatic N) is 4. The SMILES string of the molecule is COc1ncc(-c2ccc3c(NCCO)ncnn23)cc1C(=O)NCC[C@H](O)c1ccc(Cl)cc1. The number of aliphatic hydroxyl groups excluding tert-OH is 2. The number of hydrogen-bond donors (Lipinski definition) is 4. The number of benzene rings is 1. The summed E-state index contributed by atoms with van der Waals surface area (Å²) in [5.41, 5.74) is 3.06. The lowest BCUT2D eigenvalue weighted by atomic mass is 10.1. The van der Waals surface area contributed by atoms with Gasteiger partial charge in [-0.25, -0.2) is 14.5 Å². The van der Waals surface area contributed by atoms with Crippen LogP contribution in [0.1, 0.15) is 28.4 Å². The van der Waals surface area contributed by atoms with Crippen molar-refractivity contribution < 1.29 is 19.7 Å². The molecule has 0 fully saturated rings. The number of pyridine rings is 1. The van der Waals surface area contributed by atoms with E-state index in [1.165, 1.54) is 13.4 Å². The molecular formula is C24H25ClN6O4. The Morgan fingerprint density at radius 3 is 2.71 bits per heavy atom. The van der Waals surface area contributed by atoms with Crippen molar-refractivity contribution in [2.45, 2.75) is 12.5 Å². The fourth-order valence-electron chi connectivity index (χ4n) is 3.65. The zero-order chi connectivity index (χ0) is 24.8. The number of fused-ring (bicyclic) bond motifs is 1. The highest BCUT2D eigenvalue weighted by Crippen LogP contribution is 2.27. The van der Waals surface area contributed by atoms with Gasteiger partial charge in [0.1, 0.15) is 17.4 Å². The quantitative estimate of drug-likeness (QED) is 0.263. The number of carbonyl (C=O) groups is 1. The van der Waals surface area contributed by atoms with Gasteiger partial charge in [0.05, 0.1) is 25.5 Å². The number of aromatic nitrogens is 4. The minimum Gasteiger partial charge on any atom is -0.480 e.